The summed E-state index contributed by atoms with van der Waals surface area (Å²) in [6.45, 7) is 4.38. The average Bonchev–Trinajstić information content (AvgIpc) is 2.84. The molecular weight excluding hydrogens is 294 g/mol. The van der Waals surface area contributed by atoms with Gasteiger partial charge in [-0.05, 0) is 38.1 Å². The van der Waals surface area contributed by atoms with E-state index in [9.17, 15) is 4.79 Å². The molecule has 1 atom stereocenters. The molecule has 0 amide bonds. The molecule has 0 spiro atoms. The van der Waals surface area contributed by atoms with Gasteiger partial charge in [0, 0.05) is 5.56 Å². The number of benzene rings is 1. The molecule has 0 bridgehead atoms. The van der Waals surface area contributed by atoms with Crippen LogP contribution < -0.4 is 10.5 Å². The van der Waals surface area contributed by atoms with Crippen molar-refractivity contribution in [3.63, 3.8) is 0 Å². The average molecular weight is 309 g/mol. The third-order valence-corrected chi connectivity index (χ3v) is 4.46. The number of carbonyl (C=O) groups is 1. The molecular formula is C13H15N3O2S2. The van der Waals surface area contributed by atoms with Crippen molar-refractivity contribution in [3.8, 4) is 5.75 Å². The minimum atomic E-state index is -0.236. The Morgan fingerprint density at radius 1 is 1.40 bits per heavy atom. The topological polar surface area (TPSA) is 78.1 Å². The highest BCUT2D eigenvalue weighted by atomic mass is 32.2. The second-order valence-corrected chi connectivity index (χ2v) is 6.58. The van der Waals surface area contributed by atoms with Crippen LogP contribution in [-0.4, -0.2) is 27.8 Å². The van der Waals surface area contributed by atoms with E-state index in [0.29, 0.717) is 21.6 Å². The Morgan fingerprint density at radius 2 is 2.10 bits per heavy atom. The van der Waals surface area contributed by atoms with Crippen molar-refractivity contribution >= 4 is 34.0 Å². The van der Waals surface area contributed by atoms with Gasteiger partial charge >= 0.3 is 0 Å². The van der Waals surface area contributed by atoms with E-state index in [0.717, 1.165) is 5.75 Å². The summed E-state index contributed by atoms with van der Waals surface area (Å²) < 4.78 is 6.06. The number of Topliss-reactive ketones (excluding diaryl/α,β-unsaturated/α-hetero) is 1. The molecule has 20 heavy (non-hydrogen) atoms. The van der Waals surface area contributed by atoms with Crippen molar-refractivity contribution in [2.45, 2.75) is 23.4 Å². The van der Waals surface area contributed by atoms with Crippen LogP contribution in [0, 0.1) is 0 Å². The van der Waals surface area contributed by atoms with E-state index in [1.807, 2.05) is 13.8 Å². The monoisotopic (exact) mass is 309 g/mol. The minimum absolute atomic E-state index is 0.0480. The zero-order chi connectivity index (χ0) is 14.5. The Labute approximate surface area is 125 Å². The lowest BCUT2D eigenvalue weighted by Gasteiger charge is -2.09. The first kappa shape index (κ1) is 14.8. The van der Waals surface area contributed by atoms with Gasteiger partial charge in [-0.25, -0.2) is 0 Å². The van der Waals surface area contributed by atoms with Gasteiger partial charge in [0.05, 0.1) is 11.9 Å². The van der Waals surface area contributed by atoms with Crippen LogP contribution in [-0.2, 0) is 0 Å². The maximum absolute atomic E-state index is 12.3. The van der Waals surface area contributed by atoms with Gasteiger partial charge in [-0.2, -0.15) is 0 Å². The fourth-order valence-corrected chi connectivity index (χ4v) is 3.45. The van der Waals surface area contributed by atoms with Crippen LogP contribution in [0.25, 0.3) is 0 Å². The molecule has 1 aromatic carbocycles. The molecule has 0 aliphatic heterocycles. The Balaban J connectivity index is 2.02. The van der Waals surface area contributed by atoms with Crippen LogP contribution >= 0.6 is 23.1 Å². The third kappa shape index (κ3) is 3.71. The summed E-state index contributed by atoms with van der Waals surface area (Å²) >= 11 is 2.65. The summed E-state index contributed by atoms with van der Waals surface area (Å²) in [6, 6.07) is 7.16. The van der Waals surface area contributed by atoms with Gasteiger partial charge in [0.1, 0.15) is 5.75 Å². The zero-order valence-electron chi connectivity index (χ0n) is 11.2. The molecule has 106 valence electrons. The van der Waals surface area contributed by atoms with Gasteiger partial charge in [-0.1, -0.05) is 23.1 Å². The Kier molecular flexibility index (Phi) is 4.97. The highest BCUT2D eigenvalue weighted by Gasteiger charge is 2.18. The first-order valence-electron chi connectivity index (χ1n) is 6.13. The fraction of sp³-hybridized carbons (Fsp3) is 0.308. The maximum Gasteiger partial charge on any atom is 0.203 e. The second kappa shape index (κ2) is 6.71. The number of ether oxygens (including phenoxy) is 1. The van der Waals surface area contributed by atoms with Crippen molar-refractivity contribution in [2.24, 2.45) is 0 Å². The van der Waals surface area contributed by atoms with Crippen LogP contribution in [0.5, 0.6) is 5.75 Å². The molecule has 0 unspecified atom stereocenters. The number of anilines is 1. The van der Waals surface area contributed by atoms with Crippen LogP contribution in [0.4, 0.5) is 5.13 Å². The zero-order valence-corrected chi connectivity index (χ0v) is 12.8. The van der Waals surface area contributed by atoms with Gasteiger partial charge in [-0.3, -0.25) is 4.79 Å². The molecule has 0 saturated carbocycles. The number of ketones is 1. The van der Waals surface area contributed by atoms with Crippen LogP contribution in [0.15, 0.2) is 28.6 Å². The van der Waals surface area contributed by atoms with E-state index < -0.39 is 0 Å². The lowest BCUT2D eigenvalue weighted by atomic mass is 10.1. The van der Waals surface area contributed by atoms with E-state index in [-0.39, 0.29) is 11.0 Å². The fourth-order valence-electron chi connectivity index (χ4n) is 1.59. The highest BCUT2D eigenvalue weighted by Crippen LogP contribution is 2.29. The van der Waals surface area contributed by atoms with Crippen molar-refractivity contribution in [3.05, 3.63) is 29.8 Å². The molecule has 2 aromatic rings. The Morgan fingerprint density at radius 3 is 2.65 bits per heavy atom. The number of nitrogen functional groups attached to an aromatic ring is 1. The highest BCUT2D eigenvalue weighted by molar-refractivity contribution is 8.02. The van der Waals surface area contributed by atoms with E-state index in [1.54, 1.807) is 24.3 Å². The third-order valence-electron chi connectivity index (χ3n) is 2.52. The smallest absolute Gasteiger partial charge is 0.203 e. The molecule has 5 nitrogen and oxygen atoms in total. The molecule has 7 heteroatoms. The second-order valence-electron chi connectivity index (χ2n) is 3.99. The quantitative estimate of drug-likeness (QED) is 0.653. The standard InChI is InChI=1S/C13H15N3O2S2/c1-3-18-10-6-4-9(5-7-10)11(17)8(2)19-13-16-15-12(14)20-13/h4-8H,3H2,1-2H3,(H2,14,15)/t8-/m0/s1. The Hall–Kier alpha value is -1.60. The molecule has 2 N–H and O–H groups in total. The van der Waals surface area contributed by atoms with Crippen molar-refractivity contribution in [2.75, 3.05) is 12.3 Å². The van der Waals surface area contributed by atoms with E-state index in [1.165, 1.54) is 23.1 Å². The largest absolute Gasteiger partial charge is 0.494 e. The Bertz CT molecular complexity index is 584. The van der Waals surface area contributed by atoms with Gasteiger partial charge in [0.2, 0.25) is 5.13 Å². The van der Waals surface area contributed by atoms with E-state index in [4.69, 9.17) is 10.5 Å². The predicted molar refractivity (Wildman–Crippen MR) is 81.6 cm³/mol. The first-order valence-corrected chi connectivity index (χ1v) is 7.82. The van der Waals surface area contributed by atoms with Crippen molar-refractivity contribution < 1.29 is 9.53 Å². The minimum Gasteiger partial charge on any atom is -0.494 e. The van der Waals surface area contributed by atoms with Crippen LogP contribution in [0.2, 0.25) is 0 Å². The lowest BCUT2D eigenvalue weighted by molar-refractivity contribution is 0.0994. The lowest BCUT2D eigenvalue weighted by Crippen LogP contribution is -2.13. The van der Waals surface area contributed by atoms with Gasteiger partial charge in [-0.15, -0.1) is 10.2 Å². The number of carbonyl (C=O) groups excluding carboxylic acids is 1. The molecule has 0 aliphatic carbocycles. The van der Waals surface area contributed by atoms with Crippen molar-refractivity contribution in [1.29, 1.82) is 0 Å². The summed E-state index contributed by atoms with van der Waals surface area (Å²) in [5.74, 6) is 0.813. The van der Waals surface area contributed by atoms with E-state index >= 15 is 0 Å². The molecule has 0 fully saturated rings. The molecule has 2 rings (SSSR count). The number of nitrogens with two attached hydrogens (primary N) is 1. The van der Waals surface area contributed by atoms with Crippen LogP contribution in [0.3, 0.4) is 0 Å². The van der Waals surface area contributed by atoms with Gasteiger partial charge in [0.25, 0.3) is 0 Å². The first-order chi connectivity index (χ1) is 9.60. The number of hydrogen-bond donors (Lipinski definition) is 1. The predicted octanol–water partition coefficient (Wildman–Crippen LogP) is 2.88. The number of thioether (sulfide) groups is 1. The summed E-state index contributed by atoms with van der Waals surface area (Å²) in [7, 11) is 0. The van der Waals surface area contributed by atoms with Crippen molar-refractivity contribution in [1.82, 2.24) is 10.2 Å². The maximum atomic E-state index is 12.3. The molecule has 1 heterocycles. The number of nitrogens with zero attached hydrogens (tertiary/aromatic N) is 2. The molecule has 1 aromatic heterocycles. The normalized spacial score (nSPS) is 12.1. The molecule has 0 radical (unpaired) electrons. The van der Waals surface area contributed by atoms with Gasteiger partial charge < -0.3 is 10.5 Å². The molecule has 0 saturated heterocycles. The summed E-state index contributed by atoms with van der Waals surface area (Å²) in [5.41, 5.74) is 6.18. The van der Waals surface area contributed by atoms with E-state index in [2.05, 4.69) is 10.2 Å². The van der Waals surface area contributed by atoms with Gasteiger partial charge in [0.15, 0.2) is 10.1 Å². The summed E-state index contributed by atoms with van der Waals surface area (Å²) in [6.07, 6.45) is 0. The number of aromatic nitrogens is 2. The number of rotatable bonds is 6. The summed E-state index contributed by atoms with van der Waals surface area (Å²) in [4.78, 5) is 12.3. The SMILES string of the molecule is CCOc1ccc(C(=O)[C@H](C)Sc2nnc(N)s2)cc1. The van der Waals surface area contributed by atoms with Crippen LogP contribution in [0.1, 0.15) is 24.2 Å². The summed E-state index contributed by atoms with van der Waals surface area (Å²) in [5, 5.41) is 7.81. The number of hydrogen-bond acceptors (Lipinski definition) is 7. The molecule has 0 aliphatic rings.